The normalized spacial score (nSPS) is 17.5. The van der Waals surface area contributed by atoms with Crippen molar-refractivity contribution < 1.29 is 0 Å². The van der Waals surface area contributed by atoms with Gasteiger partial charge in [-0.2, -0.15) is 5.26 Å². The Balaban J connectivity index is 2.03. The third-order valence-electron chi connectivity index (χ3n) is 2.57. The highest BCUT2D eigenvalue weighted by molar-refractivity contribution is 9.11. The van der Waals surface area contributed by atoms with E-state index in [-0.39, 0.29) is 5.41 Å². The molecule has 0 atom stereocenters. The molecule has 1 fully saturated rings. The van der Waals surface area contributed by atoms with Crippen molar-refractivity contribution in [3.8, 4) is 6.07 Å². The van der Waals surface area contributed by atoms with E-state index in [0.29, 0.717) is 0 Å². The summed E-state index contributed by atoms with van der Waals surface area (Å²) in [5.74, 6) is 0. The second-order valence-corrected chi connectivity index (χ2v) is 6.27. The number of nitrogens with zero attached hydrogens (tertiary/aromatic N) is 2. The number of anilines is 1. The van der Waals surface area contributed by atoms with Crippen molar-refractivity contribution in [2.75, 3.05) is 18.5 Å². The molecule has 1 saturated carbocycles. The van der Waals surface area contributed by atoms with E-state index in [2.05, 4.69) is 40.0 Å². The van der Waals surface area contributed by atoms with Gasteiger partial charge in [0.2, 0.25) is 0 Å². The van der Waals surface area contributed by atoms with Gasteiger partial charge in [0.1, 0.15) is 0 Å². The second kappa shape index (κ2) is 3.56. The molecule has 1 aliphatic rings. The lowest BCUT2D eigenvalue weighted by Gasteiger charge is -2.19. The smallest absolute Gasteiger partial charge is 0.0918 e. The fourth-order valence-electron chi connectivity index (χ4n) is 1.50. The number of nitriles is 1. The van der Waals surface area contributed by atoms with Crippen LogP contribution in [0.2, 0.25) is 0 Å². The summed E-state index contributed by atoms with van der Waals surface area (Å²) < 4.78 is 1.14. The maximum atomic E-state index is 8.98. The Hall–Kier alpha value is -0.530. The van der Waals surface area contributed by atoms with Crippen LogP contribution in [-0.4, -0.2) is 13.6 Å². The Labute approximate surface area is 96.3 Å². The van der Waals surface area contributed by atoms with Crippen LogP contribution in [0.15, 0.2) is 15.9 Å². The molecule has 0 unspecified atom stereocenters. The topological polar surface area (TPSA) is 27.0 Å². The van der Waals surface area contributed by atoms with E-state index in [0.717, 1.165) is 23.2 Å². The van der Waals surface area contributed by atoms with Crippen LogP contribution in [0, 0.1) is 16.7 Å². The quantitative estimate of drug-likeness (QED) is 0.843. The summed E-state index contributed by atoms with van der Waals surface area (Å²) in [5.41, 5.74) is -0.0504. The molecule has 1 aromatic heterocycles. The van der Waals surface area contributed by atoms with Gasteiger partial charge in [0, 0.05) is 13.6 Å². The van der Waals surface area contributed by atoms with Gasteiger partial charge in [-0.1, -0.05) is 0 Å². The fraction of sp³-hybridized carbons (Fsp3) is 0.500. The zero-order valence-electron chi connectivity index (χ0n) is 7.96. The van der Waals surface area contributed by atoms with Crippen LogP contribution in [-0.2, 0) is 0 Å². The van der Waals surface area contributed by atoms with E-state index in [4.69, 9.17) is 5.26 Å². The minimum atomic E-state index is -0.0504. The monoisotopic (exact) mass is 270 g/mol. The van der Waals surface area contributed by atoms with Crippen molar-refractivity contribution in [2.24, 2.45) is 5.41 Å². The van der Waals surface area contributed by atoms with Crippen molar-refractivity contribution in [1.82, 2.24) is 0 Å². The largest absolute Gasteiger partial charge is 0.365 e. The van der Waals surface area contributed by atoms with Gasteiger partial charge in [-0.05, 0) is 40.9 Å². The molecule has 74 valence electrons. The molecular formula is C10H11BrN2S. The number of hydrogen-bond acceptors (Lipinski definition) is 3. The van der Waals surface area contributed by atoms with E-state index in [1.807, 2.05) is 6.07 Å². The third kappa shape index (κ3) is 1.94. The summed E-state index contributed by atoms with van der Waals surface area (Å²) in [7, 11) is 2.05. The number of hydrogen-bond donors (Lipinski definition) is 0. The Kier molecular flexibility index (Phi) is 2.54. The lowest BCUT2D eigenvalue weighted by molar-refractivity contribution is 0.656. The molecule has 1 aliphatic carbocycles. The van der Waals surface area contributed by atoms with Crippen LogP contribution >= 0.6 is 27.3 Å². The fourth-order valence-corrected chi connectivity index (χ4v) is 2.82. The van der Waals surface area contributed by atoms with Gasteiger partial charge in [-0.15, -0.1) is 11.3 Å². The summed E-state index contributed by atoms with van der Waals surface area (Å²) in [6, 6.07) is 6.54. The van der Waals surface area contributed by atoms with E-state index in [9.17, 15) is 0 Å². The molecule has 1 aromatic rings. The Morgan fingerprint density at radius 3 is 2.79 bits per heavy atom. The lowest BCUT2D eigenvalue weighted by atomic mass is 10.1. The molecule has 0 spiro atoms. The molecule has 2 rings (SSSR count). The van der Waals surface area contributed by atoms with E-state index in [1.165, 1.54) is 5.00 Å². The highest BCUT2D eigenvalue weighted by atomic mass is 79.9. The first-order valence-corrected chi connectivity index (χ1v) is 6.14. The van der Waals surface area contributed by atoms with Crippen molar-refractivity contribution in [1.29, 1.82) is 5.26 Å². The molecule has 14 heavy (non-hydrogen) atoms. The molecule has 0 bridgehead atoms. The first-order valence-electron chi connectivity index (χ1n) is 4.53. The summed E-state index contributed by atoms with van der Waals surface area (Å²) in [6.45, 7) is 0.858. The van der Waals surface area contributed by atoms with Gasteiger partial charge >= 0.3 is 0 Å². The van der Waals surface area contributed by atoms with Crippen LogP contribution in [0.25, 0.3) is 0 Å². The zero-order valence-corrected chi connectivity index (χ0v) is 10.4. The van der Waals surface area contributed by atoms with Crippen molar-refractivity contribution in [2.45, 2.75) is 12.8 Å². The second-order valence-electron chi connectivity index (χ2n) is 3.83. The summed E-state index contributed by atoms with van der Waals surface area (Å²) in [5, 5.41) is 10.2. The van der Waals surface area contributed by atoms with Gasteiger partial charge < -0.3 is 4.90 Å². The minimum absolute atomic E-state index is 0.0504. The van der Waals surface area contributed by atoms with Crippen LogP contribution in [0.1, 0.15) is 12.8 Å². The summed E-state index contributed by atoms with van der Waals surface area (Å²) >= 11 is 5.15. The maximum Gasteiger partial charge on any atom is 0.0918 e. The predicted octanol–water partition coefficient (Wildman–Crippen LogP) is 3.25. The highest BCUT2D eigenvalue weighted by Crippen LogP contribution is 2.46. The molecule has 4 heteroatoms. The van der Waals surface area contributed by atoms with Crippen molar-refractivity contribution in [3.63, 3.8) is 0 Å². The number of thiophene rings is 1. The van der Waals surface area contributed by atoms with Crippen LogP contribution in [0.5, 0.6) is 0 Å². The van der Waals surface area contributed by atoms with Crippen LogP contribution in [0.3, 0.4) is 0 Å². The Bertz CT molecular complexity index is 376. The van der Waals surface area contributed by atoms with Crippen molar-refractivity contribution >= 4 is 32.3 Å². The number of rotatable bonds is 3. The van der Waals surface area contributed by atoms with Gasteiger partial charge in [-0.25, -0.2) is 0 Å². The van der Waals surface area contributed by atoms with Gasteiger partial charge in [-0.3, -0.25) is 0 Å². The summed E-state index contributed by atoms with van der Waals surface area (Å²) in [6.07, 6.45) is 2.11. The molecule has 2 nitrogen and oxygen atoms in total. The van der Waals surface area contributed by atoms with Crippen LogP contribution < -0.4 is 4.90 Å². The van der Waals surface area contributed by atoms with Crippen LogP contribution in [0.4, 0.5) is 5.00 Å². The molecular weight excluding hydrogens is 260 g/mol. The van der Waals surface area contributed by atoms with Gasteiger partial charge in [0.25, 0.3) is 0 Å². The maximum absolute atomic E-state index is 8.98. The van der Waals surface area contributed by atoms with Gasteiger partial charge in [0.05, 0.1) is 20.3 Å². The molecule has 1 heterocycles. The van der Waals surface area contributed by atoms with Gasteiger partial charge in [0.15, 0.2) is 0 Å². The highest BCUT2D eigenvalue weighted by Gasteiger charge is 2.44. The molecule has 0 aromatic carbocycles. The standard InChI is InChI=1S/C10H11BrN2S/c1-13(7-10(6-12)4-5-10)9-3-2-8(11)14-9/h2-3H,4-5,7H2,1H3. The number of halogens is 1. The Morgan fingerprint density at radius 2 is 2.36 bits per heavy atom. The zero-order chi connectivity index (χ0) is 10.2. The van der Waals surface area contributed by atoms with Crippen molar-refractivity contribution in [3.05, 3.63) is 15.9 Å². The summed E-state index contributed by atoms with van der Waals surface area (Å²) in [4.78, 5) is 2.17. The first-order chi connectivity index (χ1) is 6.65. The molecule has 0 amide bonds. The average Bonchev–Trinajstić information content (AvgIpc) is 2.80. The minimum Gasteiger partial charge on any atom is -0.365 e. The molecule has 0 N–H and O–H groups in total. The lowest BCUT2D eigenvalue weighted by Crippen LogP contribution is -2.24. The van der Waals surface area contributed by atoms with E-state index >= 15 is 0 Å². The van der Waals surface area contributed by atoms with E-state index in [1.54, 1.807) is 11.3 Å². The molecule has 0 radical (unpaired) electrons. The SMILES string of the molecule is CN(CC1(C#N)CC1)c1ccc(Br)s1. The third-order valence-corrected chi connectivity index (χ3v) is 4.30. The molecule has 0 saturated heterocycles. The van der Waals surface area contributed by atoms with E-state index < -0.39 is 0 Å². The average molecular weight is 271 g/mol. The molecule has 0 aliphatic heterocycles. The Morgan fingerprint density at radius 1 is 1.64 bits per heavy atom. The first kappa shape index (κ1) is 10.0. The predicted molar refractivity (Wildman–Crippen MR) is 62.6 cm³/mol.